The number of nitrogens with zero attached hydrogens (tertiary/aromatic N) is 1. The van der Waals surface area contributed by atoms with Gasteiger partial charge in [0.15, 0.2) is 0 Å². The van der Waals surface area contributed by atoms with E-state index < -0.39 is 70.7 Å². The Kier molecular flexibility index (Phi) is 13.4. The van der Waals surface area contributed by atoms with E-state index in [1.54, 1.807) is 20.8 Å². The fourth-order valence-electron chi connectivity index (χ4n) is 5.55. The van der Waals surface area contributed by atoms with Crippen LogP contribution < -0.4 is 21.7 Å². The first-order chi connectivity index (χ1) is 20.0. The van der Waals surface area contributed by atoms with Gasteiger partial charge in [-0.05, 0) is 51.9 Å². The number of nitrogens with one attached hydrogen (secondary N) is 3. The molecule has 0 aliphatic carbocycles. The van der Waals surface area contributed by atoms with Crippen LogP contribution in [0.25, 0.3) is 0 Å². The van der Waals surface area contributed by atoms with Crippen LogP contribution in [0.1, 0.15) is 119 Å². The third kappa shape index (κ3) is 11.8. The number of carbonyl (C=O) groups is 6. The van der Waals surface area contributed by atoms with Gasteiger partial charge in [0.2, 0.25) is 17.6 Å². The zero-order valence-electron chi connectivity index (χ0n) is 26.9. The van der Waals surface area contributed by atoms with E-state index in [9.17, 15) is 28.8 Å². The van der Waals surface area contributed by atoms with Gasteiger partial charge in [0, 0.05) is 6.54 Å². The van der Waals surface area contributed by atoms with Crippen molar-refractivity contribution in [3.63, 3.8) is 0 Å². The first kappa shape index (κ1) is 36.0. The van der Waals surface area contributed by atoms with Gasteiger partial charge in [-0.15, -0.1) is 0 Å². The average molecular weight is 608 g/mol. The van der Waals surface area contributed by atoms with Gasteiger partial charge < -0.3 is 31.3 Å². The first-order valence-corrected chi connectivity index (χ1v) is 15.8. The number of fused-ring (bicyclic) bond motifs is 1. The second-order valence-electron chi connectivity index (χ2n) is 13.9. The number of Topliss-reactive ketones (excluding diaryl/α,β-unsaturated/α-hetero) is 1. The molecular formula is C31H53N5O7. The minimum Gasteiger partial charge on any atom is -0.458 e. The number of rotatable bonds is 5. The van der Waals surface area contributed by atoms with Gasteiger partial charge in [0.1, 0.15) is 23.7 Å². The standard InChI is InChI=1S/C31H53N5O7/c1-30(2,3)24(28(41)43-31(4,5)6)35-29(42)34-21-17-14-12-10-8-7-9-11-13-16-20(23(37)25(32)38)33-26(39)22-18-15-19-36(22)27(21)40/h20-22,24H,7-19H2,1-6H3,(H2,32,38)(H,33,39)(H2,34,35,42)/t20-,21-,22-,24+/m0/s1. The number of urea groups is 1. The number of nitrogens with two attached hydrogens (primary N) is 1. The highest BCUT2D eigenvalue weighted by molar-refractivity contribution is 6.37. The summed E-state index contributed by atoms with van der Waals surface area (Å²) >= 11 is 0. The number of ketones is 1. The second-order valence-corrected chi connectivity index (χ2v) is 13.9. The Hall–Kier alpha value is -3.18. The molecule has 12 nitrogen and oxygen atoms in total. The third-order valence-corrected chi connectivity index (χ3v) is 7.84. The number of amides is 5. The van der Waals surface area contributed by atoms with Gasteiger partial charge in [-0.3, -0.25) is 19.2 Å². The van der Waals surface area contributed by atoms with Crippen LogP contribution >= 0.6 is 0 Å². The lowest BCUT2D eigenvalue weighted by Gasteiger charge is -2.33. The van der Waals surface area contributed by atoms with Crippen molar-refractivity contribution >= 4 is 35.5 Å². The van der Waals surface area contributed by atoms with Crippen LogP contribution in [0.5, 0.6) is 0 Å². The molecule has 0 aromatic carbocycles. The molecule has 0 bridgehead atoms. The molecule has 0 unspecified atom stereocenters. The topological polar surface area (TPSA) is 177 Å². The molecule has 12 heteroatoms. The minimum absolute atomic E-state index is 0.297. The fraction of sp³-hybridized carbons (Fsp3) is 0.806. The molecule has 0 aromatic heterocycles. The third-order valence-electron chi connectivity index (χ3n) is 7.84. The fourth-order valence-corrected chi connectivity index (χ4v) is 5.55. The molecule has 0 saturated carbocycles. The maximum absolute atomic E-state index is 13.9. The van der Waals surface area contributed by atoms with Gasteiger partial charge in [0.25, 0.3) is 5.91 Å². The number of carbonyl (C=O) groups excluding carboxylic acids is 6. The summed E-state index contributed by atoms with van der Waals surface area (Å²) in [5, 5.41) is 8.17. The first-order valence-electron chi connectivity index (χ1n) is 15.8. The van der Waals surface area contributed by atoms with Crippen molar-refractivity contribution in [2.24, 2.45) is 11.1 Å². The van der Waals surface area contributed by atoms with Crippen LogP contribution in [0, 0.1) is 5.41 Å². The zero-order valence-corrected chi connectivity index (χ0v) is 26.9. The summed E-state index contributed by atoms with van der Waals surface area (Å²) in [7, 11) is 0. The molecule has 0 spiro atoms. The summed E-state index contributed by atoms with van der Waals surface area (Å²) in [6, 6.07) is -4.46. The van der Waals surface area contributed by atoms with Gasteiger partial charge in [-0.1, -0.05) is 72.1 Å². The summed E-state index contributed by atoms with van der Waals surface area (Å²) in [5.74, 6) is -3.45. The van der Waals surface area contributed by atoms with Gasteiger partial charge in [-0.2, -0.15) is 0 Å². The Morgan fingerprint density at radius 3 is 1.95 bits per heavy atom. The van der Waals surface area contributed by atoms with Gasteiger partial charge >= 0.3 is 12.0 Å². The molecule has 2 saturated heterocycles. The Bertz CT molecular complexity index is 1020. The maximum Gasteiger partial charge on any atom is 0.329 e. The SMILES string of the molecule is CC(C)(C)OC(=O)[C@@H](NC(=O)N[C@H]1CCCCCCCCCC[C@@H](C(=O)C(N)=O)NC(=O)[C@@H]2CCCN2C1=O)C(C)(C)C. The number of esters is 1. The van der Waals surface area contributed by atoms with E-state index in [0.717, 1.165) is 38.5 Å². The monoisotopic (exact) mass is 607 g/mol. The van der Waals surface area contributed by atoms with Crippen LogP contribution in [-0.2, 0) is 28.7 Å². The van der Waals surface area contributed by atoms with E-state index in [4.69, 9.17) is 10.5 Å². The molecule has 244 valence electrons. The van der Waals surface area contributed by atoms with Crippen molar-refractivity contribution in [3.8, 4) is 0 Å². The molecule has 2 aliphatic rings. The van der Waals surface area contributed by atoms with Crippen molar-refractivity contribution in [1.29, 1.82) is 0 Å². The van der Waals surface area contributed by atoms with Crippen LogP contribution in [0.4, 0.5) is 4.79 Å². The molecule has 5 amide bonds. The van der Waals surface area contributed by atoms with E-state index in [-0.39, 0.29) is 0 Å². The van der Waals surface area contributed by atoms with Gasteiger partial charge in [0.05, 0.1) is 6.04 Å². The van der Waals surface area contributed by atoms with Crippen molar-refractivity contribution in [2.75, 3.05) is 6.54 Å². The Morgan fingerprint density at radius 1 is 0.860 bits per heavy atom. The Morgan fingerprint density at radius 2 is 1.42 bits per heavy atom. The molecule has 43 heavy (non-hydrogen) atoms. The van der Waals surface area contributed by atoms with Crippen molar-refractivity contribution in [1.82, 2.24) is 20.9 Å². The molecule has 2 rings (SSSR count). The second kappa shape index (κ2) is 16.0. The van der Waals surface area contributed by atoms with E-state index >= 15 is 0 Å². The predicted octanol–water partition coefficient (Wildman–Crippen LogP) is 2.86. The van der Waals surface area contributed by atoms with Crippen LogP contribution in [-0.4, -0.2) is 76.7 Å². The van der Waals surface area contributed by atoms with Crippen molar-refractivity contribution < 1.29 is 33.5 Å². The van der Waals surface area contributed by atoms with Crippen molar-refractivity contribution in [2.45, 2.75) is 148 Å². The van der Waals surface area contributed by atoms with Gasteiger partial charge in [-0.25, -0.2) is 9.59 Å². The quantitative estimate of drug-likeness (QED) is 0.274. The molecule has 4 atom stereocenters. The lowest BCUT2D eigenvalue weighted by atomic mass is 9.86. The maximum atomic E-state index is 13.9. The highest BCUT2D eigenvalue weighted by atomic mass is 16.6. The molecular weight excluding hydrogens is 554 g/mol. The predicted molar refractivity (Wildman–Crippen MR) is 162 cm³/mol. The number of hydrogen-bond donors (Lipinski definition) is 4. The summed E-state index contributed by atoms with van der Waals surface area (Å²) in [4.78, 5) is 79.0. The van der Waals surface area contributed by atoms with E-state index in [1.165, 1.54) is 4.90 Å². The zero-order chi connectivity index (χ0) is 32.4. The average Bonchev–Trinajstić information content (AvgIpc) is 3.38. The lowest BCUT2D eigenvalue weighted by molar-refractivity contribution is -0.160. The Labute approximate surface area is 256 Å². The Balaban J connectivity index is 2.27. The molecule has 2 heterocycles. The molecule has 0 aromatic rings. The van der Waals surface area contributed by atoms with Crippen molar-refractivity contribution in [3.05, 3.63) is 0 Å². The smallest absolute Gasteiger partial charge is 0.329 e. The normalized spacial score (nSPS) is 24.1. The summed E-state index contributed by atoms with van der Waals surface area (Å²) in [5.41, 5.74) is 3.84. The highest BCUT2D eigenvalue weighted by Gasteiger charge is 2.40. The van der Waals surface area contributed by atoms with E-state index in [0.29, 0.717) is 45.1 Å². The summed E-state index contributed by atoms with van der Waals surface area (Å²) < 4.78 is 5.54. The number of ether oxygens (including phenoxy) is 1. The minimum atomic E-state index is -1.11. The van der Waals surface area contributed by atoms with E-state index in [2.05, 4.69) is 16.0 Å². The summed E-state index contributed by atoms with van der Waals surface area (Å²) in [6.07, 6.45) is 8.72. The largest absolute Gasteiger partial charge is 0.458 e. The highest BCUT2D eigenvalue weighted by Crippen LogP contribution is 2.24. The molecule has 5 N–H and O–H groups in total. The number of hydrogen-bond acceptors (Lipinski definition) is 7. The lowest BCUT2D eigenvalue weighted by Crippen LogP contribution is -2.59. The van der Waals surface area contributed by atoms with Crippen LogP contribution in [0.2, 0.25) is 0 Å². The molecule has 2 fully saturated rings. The van der Waals surface area contributed by atoms with Crippen LogP contribution in [0.15, 0.2) is 0 Å². The van der Waals surface area contributed by atoms with Crippen LogP contribution in [0.3, 0.4) is 0 Å². The summed E-state index contributed by atoms with van der Waals surface area (Å²) in [6.45, 7) is 11.0. The van der Waals surface area contributed by atoms with E-state index in [1.807, 2.05) is 20.8 Å². The molecule has 2 aliphatic heterocycles. The molecule has 0 radical (unpaired) electrons. The number of primary amides is 1.